The minimum atomic E-state index is -3.57. The molecule has 1 atom stereocenters. The molecule has 0 aromatic heterocycles. The van der Waals surface area contributed by atoms with E-state index in [-0.39, 0.29) is 12.4 Å². The molecular weight excluding hydrogens is 278 g/mol. The van der Waals surface area contributed by atoms with E-state index in [1.165, 1.54) is 0 Å². The second kappa shape index (κ2) is 7.40. The Hall–Kier alpha value is -1.40. The molecular formula is C14H21NO4S. The Labute approximate surface area is 120 Å². The molecule has 1 rings (SSSR count). The van der Waals surface area contributed by atoms with Crippen LogP contribution in [-0.4, -0.2) is 32.5 Å². The molecule has 0 radical (unpaired) electrons. The monoisotopic (exact) mass is 299 g/mol. The summed E-state index contributed by atoms with van der Waals surface area (Å²) in [6, 6.07) is 6.85. The maximum atomic E-state index is 11.8. The quantitative estimate of drug-likeness (QED) is 0.765. The van der Waals surface area contributed by atoms with E-state index in [1.54, 1.807) is 6.92 Å². The SMILES string of the molecule is CCOC(=O)CS(=O)(=O)CC(N)c1ccc(CC)cc1. The van der Waals surface area contributed by atoms with Crippen molar-refractivity contribution in [2.45, 2.75) is 26.3 Å². The minimum Gasteiger partial charge on any atom is -0.465 e. The molecule has 1 aromatic rings. The minimum absolute atomic E-state index is 0.166. The Balaban J connectivity index is 2.68. The van der Waals surface area contributed by atoms with Crippen LogP contribution in [0.15, 0.2) is 24.3 Å². The van der Waals surface area contributed by atoms with Gasteiger partial charge in [0.2, 0.25) is 0 Å². The van der Waals surface area contributed by atoms with Crippen molar-refractivity contribution in [1.82, 2.24) is 0 Å². The van der Waals surface area contributed by atoms with E-state index in [1.807, 2.05) is 31.2 Å². The number of sulfone groups is 1. The first kappa shape index (κ1) is 16.7. The lowest BCUT2D eigenvalue weighted by molar-refractivity contribution is -0.139. The van der Waals surface area contributed by atoms with Gasteiger partial charge in [0.15, 0.2) is 9.84 Å². The lowest BCUT2D eigenvalue weighted by Crippen LogP contribution is -2.27. The molecule has 0 saturated carbocycles. The molecule has 0 fully saturated rings. The highest BCUT2D eigenvalue weighted by Crippen LogP contribution is 2.14. The number of nitrogens with two attached hydrogens (primary N) is 1. The highest BCUT2D eigenvalue weighted by atomic mass is 32.2. The smallest absolute Gasteiger partial charge is 0.321 e. The van der Waals surface area contributed by atoms with E-state index in [9.17, 15) is 13.2 Å². The van der Waals surface area contributed by atoms with Crippen LogP contribution in [0.25, 0.3) is 0 Å². The van der Waals surface area contributed by atoms with Crippen molar-refractivity contribution in [1.29, 1.82) is 0 Å². The average molecular weight is 299 g/mol. The molecule has 0 amide bonds. The first-order chi connectivity index (χ1) is 9.38. The summed E-state index contributed by atoms with van der Waals surface area (Å²) < 4.78 is 28.3. The normalized spacial score (nSPS) is 12.9. The molecule has 1 aromatic carbocycles. The zero-order valence-electron chi connectivity index (χ0n) is 11.8. The first-order valence-electron chi connectivity index (χ1n) is 6.58. The van der Waals surface area contributed by atoms with E-state index >= 15 is 0 Å². The Morgan fingerprint density at radius 2 is 1.85 bits per heavy atom. The van der Waals surface area contributed by atoms with Gasteiger partial charge in [-0.3, -0.25) is 4.79 Å². The van der Waals surface area contributed by atoms with Crippen LogP contribution in [-0.2, 0) is 25.8 Å². The van der Waals surface area contributed by atoms with Crippen molar-refractivity contribution in [3.8, 4) is 0 Å². The van der Waals surface area contributed by atoms with E-state index in [0.717, 1.165) is 17.5 Å². The first-order valence-corrected chi connectivity index (χ1v) is 8.40. The molecule has 0 heterocycles. The third-order valence-corrected chi connectivity index (χ3v) is 4.44. The Kier molecular flexibility index (Phi) is 6.16. The van der Waals surface area contributed by atoms with Crippen molar-refractivity contribution >= 4 is 15.8 Å². The number of hydrogen-bond donors (Lipinski definition) is 1. The zero-order valence-corrected chi connectivity index (χ0v) is 12.7. The molecule has 20 heavy (non-hydrogen) atoms. The summed E-state index contributed by atoms with van der Waals surface area (Å²) in [5, 5.41) is 0. The largest absolute Gasteiger partial charge is 0.465 e. The van der Waals surface area contributed by atoms with Crippen LogP contribution in [0.4, 0.5) is 0 Å². The second-order valence-electron chi connectivity index (χ2n) is 4.56. The molecule has 5 nitrogen and oxygen atoms in total. The predicted molar refractivity (Wildman–Crippen MR) is 78.0 cm³/mol. The van der Waals surface area contributed by atoms with Crippen molar-refractivity contribution in [2.24, 2.45) is 5.73 Å². The fourth-order valence-corrected chi connectivity index (χ4v) is 3.11. The maximum absolute atomic E-state index is 11.8. The summed E-state index contributed by atoms with van der Waals surface area (Å²) in [6.07, 6.45) is 0.913. The van der Waals surface area contributed by atoms with Gasteiger partial charge in [0.25, 0.3) is 0 Å². The van der Waals surface area contributed by atoms with Crippen LogP contribution >= 0.6 is 0 Å². The molecule has 6 heteroatoms. The Morgan fingerprint density at radius 3 is 2.35 bits per heavy atom. The van der Waals surface area contributed by atoms with Gasteiger partial charge in [0, 0.05) is 6.04 Å². The Bertz CT molecular complexity index is 537. The van der Waals surface area contributed by atoms with E-state index in [4.69, 9.17) is 5.73 Å². The van der Waals surface area contributed by atoms with Crippen LogP contribution in [0.1, 0.15) is 31.0 Å². The van der Waals surface area contributed by atoms with Gasteiger partial charge in [0.05, 0.1) is 12.4 Å². The highest BCUT2D eigenvalue weighted by Gasteiger charge is 2.21. The number of aryl methyl sites for hydroxylation is 1. The third-order valence-electron chi connectivity index (χ3n) is 2.89. The second-order valence-corrected chi connectivity index (χ2v) is 6.67. The number of benzene rings is 1. The van der Waals surface area contributed by atoms with Crippen LogP contribution in [0, 0.1) is 0 Å². The van der Waals surface area contributed by atoms with Gasteiger partial charge in [-0.2, -0.15) is 0 Å². The fourth-order valence-electron chi connectivity index (χ4n) is 1.81. The number of esters is 1. The maximum Gasteiger partial charge on any atom is 0.321 e. The molecule has 0 bridgehead atoms. The van der Waals surface area contributed by atoms with E-state index in [2.05, 4.69) is 4.74 Å². The lowest BCUT2D eigenvalue weighted by atomic mass is 10.1. The molecule has 0 aliphatic carbocycles. The van der Waals surface area contributed by atoms with Gasteiger partial charge in [0.1, 0.15) is 5.75 Å². The van der Waals surface area contributed by atoms with Crippen molar-refractivity contribution in [3.05, 3.63) is 35.4 Å². The van der Waals surface area contributed by atoms with Gasteiger partial charge < -0.3 is 10.5 Å². The predicted octanol–water partition coefficient (Wildman–Crippen LogP) is 1.23. The number of carbonyl (C=O) groups excluding carboxylic acids is 1. The summed E-state index contributed by atoms with van der Waals surface area (Å²) >= 11 is 0. The van der Waals surface area contributed by atoms with Crippen molar-refractivity contribution in [2.75, 3.05) is 18.1 Å². The van der Waals surface area contributed by atoms with Gasteiger partial charge >= 0.3 is 5.97 Å². The highest BCUT2D eigenvalue weighted by molar-refractivity contribution is 7.92. The number of carbonyl (C=O) groups is 1. The van der Waals surface area contributed by atoms with Crippen LogP contribution in [0.2, 0.25) is 0 Å². The third kappa shape index (κ3) is 5.30. The average Bonchev–Trinajstić information content (AvgIpc) is 2.37. The van der Waals surface area contributed by atoms with Gasteiger partial charge in [-0.25, -0.2) is 8.42 Å². The van der Waals surface area contributed by atoms with E-state index < -0.39 is 27.6 Å². The van der Waals surface area contributed by atoms with Crippen molar-refractivity contribution in [3.63, 3.8) is 0 Å². The molecule has 0 aliphatic rings. The number of ether oxygens (including phenoxy) is 1. The molecule has 0 saturated heterocycles. The van der Waals surface area contributed by atoms with Crippen LogP contribution in [0.5, 0.6) is 0 Å². The van der Waals surface area contributed by atoms with Gasteiger partial charge in [-0.1, -0.05) is 31.2 Å². The molecule has 1 unspecified atom stereocenters. The van der Waals surface area contributed by atoms with Crippen LogP contribution < -0.4 is 5.73 Å². The van der Waals surface area contributed by atoms with Crippen molar-refractivity contribution < 1.29 is 17.9 Å². The number of hydrogen-bond acceptors (Lipinski definition) is 5. The van der Waals surface area contributed by atoms with E-state index in [0.29, 0.717) is 0 Å². The van der Waals surface area contributed by atoms with Crippen LogP contribution in [0.3, 0.4) is 0 Å². The Morgan fingerprint density at radius 1 is 1.25 bits per heavy atom. The standard InChI is InChI=1S/C14H21NO4S/c1-3-11-5-7-12(8-6-11)13(15)9-20(17,18)10-14(16)19-4-2/h5-8,13H,3-4,9-10,15H2,1-2H3. The zero-order chi connectivity index (χ0) is 15.2. The lowest BCUT2D eigenvalue weighted by Gasteiger charge is -2.12. The summed E-state index contributed by atoms with van der Waals surface area (Å²) in [6.45, 7) is 3.84. The van der Waals surface area contributed by atoms with Gasteiger partial charge in [-0.15, -0.1) is 0 Å². The summed E-state index contributed by atoms with van der Waals surface area (Å²) in [7, 11) is -3.57. The molecule has 112 valence electrons. The fraction of sp³-hybridized carbons (Fsp3) is 0.500. The molecule has 2 N–H and O–H groups in total. The summed E-state index contributed by atoms with van der Waals surface area (Å²) in [4.78, 5) is 11.2. The molecule has 0 aliphatic heterocycles. The number of rotatable bonds is 7. The summed E-state index contributed by atoms with van der Waals surface area (Å²) in [5.41, 5.74) is 7.80. The van der Waals surface area contributed by atoms with Gasteiger partial charge in [-0.05, 0) is 24.5 Å². The topological polar surface area (TPSA) is 86.5 Å². The molecule has 0 spiro atoms. The summed E-state index contributed by atoms with van der Waals surface area (Å²) in [5.74, 6) is -1.63.